The molecule has 2 heterocycles. The van der Waals surface area contributed by atoms with E-state index in [1.807, 2.05) is 20.8 Å². The van der Waals surface area contributed by atoms with Crippen LogP contribution in [-0.2, 0) is 4.74 Å². The number of rotatable bonds is 3. The minimum Gasteiger partial charge on any atom is -0.444 e. The molecule has 21 heavy (non-hydrogen) atoms. The number of alkyl carbamates (subject to hydrolysis) is 1. The zero-order valence-electron chi connectivity index (χ0n) is 13.3. The molecule has 2 rings (SSSR count). The highest BCUT2D eigenvalue weighted by Gasteiger charge is 2.28. The van der Waals surface area contributed by atoms with Crippen LogP contribution in [0.3, 0.4) is 0 Å². The molecule has 1 aliphatic rings. The third-order valence-electron chi connectivity index (χ3n) is 3.13. The minimum absolute atomic E-state index is 0.103. The number of aromatic nitrogens is 2. The number of hydrogen-bond donors (Lipinski definition) is 1. The number of ether oxygens (including phenoxy) is 1. The van der Waals surface area contributed by atoms with E-state index in [4.69, 9.17) is 4.74 Å². The fourth-order valence-corrected chi connectivity index (χ4v) is 2.96. The Kier molecular flexibility index (Phi) is 4.70. The zero-order chi connectivity index (χ0) is 15.6. The lowest BCUT2D eigenvalue weighted by Crippen LogP contribution is -2.40. The van der Waals surface area contributed by atoms with Gasteiger partial charge in [-0.2, -0.15) is 4.37 Å². The molecule has 0 bridgehead atoms. The highest BCUT2D eigenvalue weighted by molar-refractivity contribution is 7.09. The molecule has 0 aliphatic carbocycles. The van der Waals surface area contributed by atoms with Crippen molar-refractivity contribution in [2.45, 2.75) is 58.6 Å². The van der Waals surface area contributed by atoms with Gasteiger partial charge in [-0.15, -0.1) is 0 Å². The number of carbonyl (C=O) groups excluding carboxylic acids is 1. The van der Waals surface area contributed by atoms with Gasteiger partial charge < -0.3 is 15.0 Å². The largest absolute Gasteiger partial charge is 0.444 e. The summed E-state index contributed by atoms with van der Waals surface area (Å²) in [6.07, 6.45) is 0.546. The number of nitrogens with one attached hydrogen (secondary N) is 1. The second-order valence-electron chi connectivity index (χ2n) is 6.67. The van der Waals surface area contributed by atoms with Crippen molar-refractivity contribution in [1.82, 2.24) is 14.7 Å². The highest BCUT2D eigenvalue weighted by Crippen LogP contribution is 2.25. The second kappa shape index (κ2) is 6.17. The molecular weight excluding hydrogens is 288 g/mol. The van der Waals surface area contributed by atoms with E-state index in [1.165, 1.54) is 11.5 Å². The van der Waals surface area contributed by atoms with Crippen LogP contribution < -0.4 is 10.2 Å². The van der Waals surface area contributed by atoms with E-state index in [0.717, 1.165) is 30.5 Å². The van der Waals surface area contributed by atoms with Crippen molar-refractivity contribution in [3.63, 3.8) is 0 Å². The molecule has 0 unspecified atom stereocenters. The average Bonchev–Trinajstić information content (AvgIpc) is 2.93. The summed E-state index contributed by atoms with van der Waals surface area (Å²) in [5.41, 5.74) is -0.465. The average molecular weight is 312 g/mol. The first-order valence-corrected chi connectivity index (χ1v) is 8.10. The fraction of sp³-hybridized carbons (Fsp3) is 0.786. The van der Waals surface area contributed by atoms with Crippen LogP contribution in [0.2, 0.25) is 0 Å². The fourth-order valence-electron chi connectivity index (χ4n) is 2.12. The van der Waals surface area contributed by atoms with E-state index in [2.05, 4.69) is 33.4 Å². The minimum atomic E-state index is -0.465. The lowest BCUT2D eigenvalue weighted by Gasteiger charge is -2.21. The molecule has 0 spiro atoms. The molecule has 1 N–H and O–H groups in total. The Morgan fingerprint density at radius 1 is 1.48 bits per heavy atom. The number of carbonyl (C=O) groups is 1. The van der Waals surface area contributed by atoms with Gasteiger partial charge in [-0.1, -0.05) is 13.8 Å². The van der Waals surface area contributed by atoms with Crippen LogP contribution in [0.25, 0.3) is 0 Å². The van der Waals surface area contributed by atoms with Gasteiger partial charge in [-0.3, -0.25) is 0 Å². The number of nitrogens with zero attached hydrogens (tertiary/aromatic N) is 3. The normalized spacial score (nSPS) is 19.1. The van der Waals surface area contributed by atoms with E-state index in [1.54, 1.807) is 0 Å². The lowest BCUT2D eigenvalue weighted by atomic mass is 10.2. The Bertz CT molecular complexity index is 495. The van der Waals surface area contributed by atoms with Crippen LogP contribution in [-0.4, -0.2) is 40.2 Å². The van der Waals surface area contributed by atoms with Crippen LogP contribution in [0.4, 0.5) is 9.93 Å². The smallest absolute Gasteiger partial charge is 0.407 e. The van der Waals surface area contributed by atoms with Crippen LogP contribution in [0.15, 0.2) is 0 Å². The summed E-state index contributed by atoms with van der Waals surface area (Å²) in [6, 6.07) is 0.103. The molecule has 1 atom stereocenters. The van der Waals surface area contributed by atoms with E-state index >= 15 is 0 Å². The third-order valence-corrected chi connectivity index (χ3v) is 3.92. The van der Waals surface area contributed by atoms with Crippen LogP contribution in [0.1, 0.15) is 52.8 Å². The maximum atomic E-state index is 11.8. The quantitative estimate of drug-likeness (QED) is 0.929. The predicted molar refractivity (Wildman–Crippen MR) is 84.0 cm³/mol. The lowest BCUT2D eigenvalue weighted by molar-refractivity contribution is 0.0509. The van der Waals surface area contributed by atoms with Gasteiger partial charge in [0.05, 0.1) is 6.04 Å². The van der Waals surface area contributed by atoms with Gasteiger partial charge in [0.2, 0.25) is 5.13 Å². The Morgan fingerprint density at radius 3 is 2.76 bits per heavy atom. The summed E-state index contributed by atoms with van der Waals surface area (Å²) >= 11 is 1.43. The van der Waals surface area contributed by atoms with E-state index < -0.39 is 5.60 Å². The summed E-state index contributed by atoms with van der Waals surface area (Å²) in [5.74, 6) is 1.23. The Labute approximate surface area is 130 Å². The van der Waals surface area contributed by atoms with Gasteiger partial charge in [0, 0.05) is 30.5 Å². The monoisotopic (exact) mass is 312 g/mol. The van der Waals surface area contributed by atoms with Crippen LogP contribution in [0.5, 0.6) is 0 Å². The molecule has 1 fully saturated rings. The molecule has 1 amide bonds. The summed E-state index contributed by atoms with van der Waals surface area (Å²) in [6.45, 7) is 11.4. The van der Waals surface area contributed by atoms with Crippen molar-refractivity contribution >= 4 is 22.8 Å². The molecule has 0 aromatic carbocycles. The Morgan fingerprint density at radius 2 is 2.19 bits per heavy atom. The summed E-state index contributed by atoms with van der Waals surface area (Å²) < 4.78 is 9.65. The molecule has 6 nitrogen and oxygen atoms in total. The van der Waals surface area contributed by atoms with Crippen LogP contribution in [0, 0.1) is 0 Å². The summed E-state index contributed by atoms with van der Waals surface area (Å²) in [4.78, 5) is 18.5. The maximum absolute atomic E-state index is 11.8. The Balaban J connectivity index is 1.87. The second-order valence-corrected chi connectivity index (χ2v) is 7.40. The molecular formula is C14H24N4O2S. The first-order chi connectivity index (χ1) is 9.74. The first kappa shape index (κ1) is 16.0. The zero-order valence-corrected chi connectivity index (χ0v) is 14.2. The predicted octanol–water partition coefficient (Wildman–Crippen LogP) is 2.76. The van der Waals surface area contributed by atoms with Gasteiger partial charge in [0.15, 0.2) is 0 Å². The van der Waals surface area contributed by atoms with Crippen molar-refractivity contribution in [1.29, 1.82) is 0 Å². The standard InChI is InChI=1S/C14H24N4O2S/c1-9(2)11-16-12(21-17-11)18-7-6-10(8-18)15-13(19)20-14(3,4)5/h9-10H,6-8H2,1-5H3,(H,15,19)/t10-/m0/s1. The molecule has 1 aliphatic heterocycles. The third kappa shape index (κ3) is 4.56. The molecule has 0 radical (unpaired) electrons. The van der Waals surface area contributed by atoms with Crippen molar-refractivity contribution in [2.75, 3.05) is 18.0 Å². The SMILES string of the molecule is CC(C)c1nsc(N2CC[C@H](NC(=O)OC(C)(C)C)C2)n1. The molecule has 0 saturated carbocycles. The van der Waals surface area contributed by atoms with E-state index in [-0.39, 0.29) is 12.1 Å². The van der Waals surface area contributed by atoms with Crippen molar-refractivity contribution in [3.05, 3.63) is 5.82 Å². The van der Waals surface area contributed by atoms with Gasteiger partial charge in [0.25, 0.3) is 0 Å². The summed E-state index contributed by atoms with van der Waals surface area (Å²) in [5, 5.41) is 3.86. The van der Waals surface area contributed by atoms with Gasteiger partial charge in [-0.25, -0.2) is 9.78 Å². The van der Waals surface area contributed by atoms with E-state index in [9.17, 15) is 4.79 Å². The molecule has 1 aromatic rings. The van der Waals surface area contributed by atoms with Crippen LogP contribution >= 0.6 is 11.5 Å². The van der Waals surface area contributed by atoms with Gasteiger partial charge >= 0.3 is 6.09 Å². The maximum Gasteiger partial charge on any atom is 0.407 e. The number of anilines is 1. The first-order valence-electron chi connectivity index (χ1n) is 7.32. The topological polar surface area (TPSA) is 67.4 Å². The Hall–Kier alpha value is -1.37. The van der Waals surface area contributed by atoms with E-state index in [0.29, 0.717) is 5.92 Å². The molecule has 7 heteroatoms. The highest BCUT2D eigenvalue weighted by atomic mass is 32.1. The molecule has 1 aromatic heterocycles. The summed E-state index contributed by atoms with van der Waals surface area (Å²) in [7, 11) is 0. The van der Waals surface area contributed by atoms with Crippen molar-refractivity contribution in [2.24, 2.45) is 0 Å². The van der Waals surface area contributed by atoms with Gasteiger partial charge in [0.1, 0.15) is 11.4 Å². The van der Waals surface area contributed by atoms with Gasteiger partial charge in [-0.05, 0) is 27.2 Å². The van der Waals surface area contributed by atoms with Crippen molar-refractivity contribution in [3.8, 4) is 0 Å². The molecule has 118 valence electrons. The van der Waals surface area contributed by atoms with Crippen molar-refractivity contribution < 1.29 is 9.53 Å². The number of hydrogen-bond acceptors (Lipinski definition) is 6. The molecule has 1 saturated heterocycles. The number of amides is 1.